The molecule has 1 aliphatic rings. The van der Waals surface area contributed by atoms with Crippen molar-refractivity contribution in [2.75, 3.05) is 18.5 Å². The highest BCUT2D eigenvalue weighted by molar-refractivity contribution is 5.92. The number of hydrogen-bond donors (Lipinski definition) is 1. The van der Waals surface area contributed by atoms with E-state index in [-0.39, 0.29) is 18.0 Å². The number of hydrogen-bond acceptors (Lipinski definition) is 3. The molecule has 2 amide bonds. The van der Waals surface area contributed by atoms with Gasteiger partial charge in [0.05, 0.1) is 18.2 Å². The van der Waals surface area contributed by atoms with Crippen LogP contribution in [0, 0.1) is 6.92 Å². The molecule has 1 aliphatic heterocycles. The molecule has 1 N–H and O–H groups in total. The molecule has 0 radical (unpaired) electrons. The van der Waals surface area contributed by atoms with Gasteiger partial charge in [-0.2, -0.15) is 0 Å². The van der Waals surface area contributed by atoms with Crippen LogP contribution in [0.2, 0.25) is 0 Å². The van der Waals surface area contributed by atoms with Crippen LogP contribution in [0.4, 0.5) is 10.5 Å². The maximum Gasteiger partial charge on any atom is 0.338 e. The standard InChI is InChI=1S/C25H27N3O3/c1-3-31-24(29)20-11-13-21(14-12-20)26-25(30)28-17-5-16-27-15-4-6-22(27)23(28)19-9-7-18(2)8-10-19/h4,6-15,23H,3,5,16-17H2,1-2H3,(H,26,30). The summed E-state index contributed by atoms with van der Waals surface area (Å²) < 4.78 is 7.25. The van der Waals surface area contributed by atoms with E-state index in [1.165, 1.54) is 5.56 Å². The molecular formula is C25H27N3O3. The van der Waals surface area contributed by atoms with Gasteiger partial charge < -0.3 is 19.5 Å². The number of amides is 2. The van der Waals surface area contributed by atoms with Crippen molar-refractivity contribution in [2.45, 2.75) is 32.9 Å². The largest absolute Gasteiger partial charge is 0.462 e. The van der Waals surface area contributed by atoms with Gasteiger partial charge in [-0.3, -0.25) is 0 Å². The van der Waals surface area contributed by atoms with E-state index < -0.39 is 0 Å². The normalized spacial score (nSPS) is 15.7. The minimum Gasteiger partial charge on any atom is -0.462 e. The Kier molecular flexibility index (Phi) is 6.07. The molecular weight excluding hydrogens is 390 g/mol. The highest BCUT2D eigenvalue weighted by atomic mass is 16.5. The highest BCUT2D eigenvalue weighted by Crippen LogP contribution is 2.32. The first-order valence-corrected chi connectivity index (χ1v) is 10.6. The minimum absolute atomic E-state index is 0.163. The van der Waals surface area contributed by atoms with E-state index in [1.54, 1.807) is 31.2 Å². The molecule has 31 heavy (non-hydrogen) atoms. The van der Waals surface area contributed by atoms with Crippen LogP contribution in [0.5, 0.6) is 0 Å². The molecule has 0 bridgehead atoms. The van der Waals surface area contributed by atoms with Crippen molar-refractivity contribution in [1.82, 2.24) is 9.47 Å². The second kappa shape index (κ2) is 9.08. The van der Waals surface area contributed by atoms with E-state index >= 15 is 0 Å². The van der Waals surface area contributed by atoms with Crippen molar-refractivity contribution in [3.05, 3.63) is 89.2 Å². The summed E-state index contributed by atoms with van der Waals surface area (Å²) in [5.74, 6) is -0.368. The average Bonchev–Trinajstić information content (AvgIpc) is 3.15. The molecule has 6 heteroatoms. The first kappa shape index (κ1) is 20.7. The zero-order chi connectivity index (χ0) is 21.8. The number of ether oxygens (including phenoxy) is 1. The van der Waals surface area contributed by atoms with Crippen molar-refractivity contribution in [3.63, 3.8) is 0 Å². The molecule has 0 fully saturated rings. The van der Waals surface area contributed by atoms with Crippen LogP contribution in [0.25, 0.3) is 0 Å². The fraction of sp³-hybridized carbons (Fsp3) is 0.280. The molecule has 3 aromatic rings. The highest BCUT2D eigenvalue weighted by Gasteiger charge is 2.30. The van der Waals surface area contributed by atoms with Crippen LogP contribution in [0.1, 0.15) is 46.6 Å². The quantitative estimate of drug-likeness (QED) is 0.608. The van der Waals surface area contributed by atoms with Gasteiger partial charge in [-0.1, -0.05) is 29.8 Å². The fourth-order valence-corrected chi connectivity index (χ4v) is 4.00. The summed E-state index contributed by atoms with van der Waals surface area (Å²) in [5.41, 5.74) is 4.48. The third-order valence-corrected chi connectivity index (χ3v) is 5.56. The van der Waals surface area contributed by atoms with Gasteiger partial charge in [0.15, 0.2) is 0 Å². The second-order valence-corrected chi connectivity index (χ2v) is 7.71. The molecule has 0 spiro atoms. The van der Waals surface area contributed by atoms with Crippen LogP contribution >= 0.6 is 0 Å². The number of carbonyl (C=O) groups is 2. The Balaban J connectivity index is 1.59. The number of aryl methyl sites for hydroxylation is 2. The number of rotatable bonds is 4. The van der Waals surface area contributed by atoms with Crippen molar-refractivity contribution in [1.29, 1.82) is 0 Å². The Bertz CT molecular complexity index is 1050. The van der Waals surface area contributed by atoms with Crippen LogP contribution < -0.4 is 5.32 Å². The summed E-state index contributed by atoms with van der Waals surface area (Å²) in [6.45, 7) is 5.68. The maximum absolute atomic E-state index is 13.3. The van der Waals surface area contributed by atoms with Gasteiger partial charge in [-0.25, -0.2) is 9.59 Å². The molecule has 0 saturated carbocycles. The molecule has 2 heterocycles. The Morgan fingerprint density at radius 3 is 2.48 bits per heavy atom. The molecule has 1 aromatic heterocycles. The Morgan fingerprint density at radius 1 is 1.03 bits per heavy atom. The lowest BCUT2D eigenvalue weighted by molar-refractivity contribution is 0.0526. The Morgan fingerprint density at radius 2 is 1.77 bits per heavy atom. The van der Waals surface area contributed by atoms with E-state index in [4.69, 9.17) is 4.74 Å². The average molecular weight is 418 g/mol. The zero-order valence-corrected chi connectivity index (χ0v) is 17.9. The van der Waals surface area contributed by atoms with Gasteiger partial charge in [0.1, 0.15) is 0 Å². The Labute approximate surface area is 182 Å². The number of nitrogens with one attached hydrogen (secondary N) is 1. The van der Waals surface area contributed by atoms with Crippen molar-refractivity contribution >= 4 is 17.7 Å². The smallest absolute Gasteiger partial charge is 0.338 e. The molecule has 2 aromatic carbocycles. The van der Waals surface area contributed by atoms with Gasteiger partial charge in [-0.05, 0) is 62.2 Å². The topological polar surface area (TPSA) is 63.6 Å². The lowest BCUT2D eigenvalue weighted by Gasteiger charge is -2.31. The molecule has 160 valence electrons. The summed E-state index contributed by atoms with van der Waals surface area (Å²) in [5, 5.41) is 3.00. The van der Waals surface area contributed by atoms with Crippen LogP contribution in [-0.2, 0) is 11.3 Å². The molecule has 1 atom stereocenters. The summed E-state index contributed by atoms with van der Waals surface area (Å²) in [7, 11) is 0. The van der Waals surface area contributed by atoms with E-state index in [9.17, 15) is 9.59 Å². The third-order valence-electron chi connectivity index (χ3n) is 5.56. The van der Waals surface area contributed by atoms with Crippen molar-refractivity contribution in [3.8, 4) is 0 Å². The van der Waals surface area contributed by atoms with Crippen LogP contribution in [-0.4, -0.2) is 34.6 Å². The number of nitrogens with zero attached hydrogens (tertiary/aromatic N) is 2. The maximum atomic E-state index is 13.3. The van der Waals surface area contributed by atoms with E-state index in [0.29, 0.717) is 24.4 Å². The molecule has 0 aliphatic carbocycles. The van der Waals surface area contributed by atoms with E-state index in [0.717, 1.165) is 24.2 Å². The monoisotopic (exact) mass is 417 g/mol. The van der Waals surface area contributed by atoms with Gasteiger partial charge in [-0.15, -0.1) is 0 Å². The lowest BCUT2D eigenvalue weighted by atomic mass is 10.0. The van der Waals surface area contributed by atoms with Crippen LogP contribution in [0.15, 0.2) is 66.9 Å². The number of esters is 1. The number of aromatic nitrogens is 1. The van der Waals surface area contributed by atoms with Crippen LogP contribution in [0.3, 0.4) is 0 Å². The van der Waals surface area contributed by atoms with Crippen molar-refractivity contribution in [2.24, 2.45) is 0 Å². The predicted molar refractivity (Wildman–Crippen MR) is 120 cm³/mol. The molecule has 1 unspecified atom stereocenters. The van der Waals surface area contributed by atoms with E-state index in [2.05, 4.69) is 53.3 Å². The first-order valence-electron chi connectivity index (χ1n) is 10.6. The number of benzene rings is 2. The minimum atomic E-state index is -0.368. The Hall–Kier alpha value is -3.54. The van der Waals surface area contributed by atoms with Crippen molar-refractivity contribution < 1.29 is 14.3 Å². The summed E-state index contributed by atoms with van der Waals surface area (Å²) >= 11 is 0. The number of anilines is 1. The summed E-state index contributed by atoms with van der Waals surface area (Å²) in [6.07, 6.45) is 2.95. The number of urea groups is 1. The second-order valence-electron chi connectivity index (χ2n) is 7.71. The lowest BCUT2D eigenvalue weighted by Crippen LogP contribution is -2.38. The predicted octanol–water partition coefficient (Wildman–Crippen LogP) is 5.00. The number of fused-ring (bicyclic) bond motifs is 1. The SMILES string of the molecule is CCOC(=O)c1ccc(NC(=O)N2CCCn3cccc3C2c2ccc(C)cc2)cc1. The zero-order valence-electron chi connectivity index (χ0n) is 17.9. The van der Waals surface area contributed by atoms with E-state index in [1.807, 2.05) is 11.0 Å². The summed E-state index contributed by atoms with van der Waals surface area (Å²) in [6, 6.07) is 18.9. The fourth-order valence-electron chi connectivity index (χ4n) is 4.00. The third kappa shape index (κ3) is 4.48. The first-order chi connectivity index (χ1) is 15.1. The van der Waals surface area contributed by atoms with Gasteiger partial charge in [0, 0.05) is 30.7 Å². The number of carbonyl (C=O) groups excluding carboxylic acids is 2. The van der Waals surface area contributed by atoms with Gasteiger partial charge >= 0.3 is 12.0 Å². The van der Waals surface area contributed by atoms with Gasteiger partial charge in [0.25, 0.3) is 0 Å². The van der Waals surface area contributed by atoms with Gasteiger partial charge in [0.2, 0.25) is 0 Å². The molecule has 4 rings (SSSR count). The summed E-state index contributed by atoms with van der Waals surface area (Å²) in [4.78, 5) is 27.1. The molecule has 0 saturated heterocycles. The molecule has 6 nitrogen and oxygen atoms in total.